The maximum Gasteiger partial charge on any atom is 0.339 e. The van der Waals surface area contributed by atoms with Gasteiger partial charge < -0.3 is 14.5 Å². The fourth-order valence-electron chi connectivity index (χ4n) is 3.06. The van der Waals surface area contributed by atoms with E-state index in [9.17, 15) is 14.4 Å². The van der Waals surface area contributed by atoms with Gasteiger partial charge in [0.15, 0.2) is 6.61 Å². The molecule has 164 valence electrons. The summed E-state index contributed by atoms with van der Waals surface area (Å²) < 4.78 is 6.19. The second-order valence-corrected chi connectivity index (χ2v) is 8.11. The van der Waals surface area contributed by atoms with E-state index in [1.54, 1.807) is 44.4 Å². The van der Waals surface area contributed by atoms with Crippen molar-refractivity contribution in [3.8, 4) is 0 Å². The molecule has 0 saturated heterocycles. The fourth-order valence-corrected chi connectivity index (χ4v) is 3.33. The molecule has 2 amide bonds. The van der Waals surface area contributed by atoms with Gasteiger partial charge in [-0.3, -0.25) is 9.59 Å². The summed E-state index contributed by atoms with van der Waals surface area (Å²) in [5.74, 6) is -1.41. The van der Waals surface area contributed by atoms with Crippen molar-refractivity contribution in [2.45, 2.75) is 6.54 Å². The van der Waals surface area contributed by atoms with Crippen LogP contribution in [0, 0.1) is 0 Å². The molecule has 3 aromatic rings. The molecule has 32 heavy (non-hydrogen) atoms. The minimum absolute atomic E-state index is 0.114. The average Bonchev–Trinajstić information content (AvgIpc) is 2.83. The highest BCUT2D eigenvalue weighted by Gasteiger charge is 2.22. The van der Waals surface area contributed by atoms with Crippen LogP contribution >= 0.6 is 15.9 Å². The fraction of sp³-hybridized carbons (Fsp3) is 0.160. The number of amides is 2. The van der Waals surface area contributed by atoms with Gasteiger partial charge >= 0.3 is 5.97 Å². The molecule has 0 N–H and O–H groups in total. The molecular formula is C25H23BrN2O4. The zero-order chi connectivity index (χ0) is 23.1. The first-order valence-electron chi connectivity index (χ1n) is 9.94. The molecule has 6 nitrogen and oxygen atoms in total. The second kappa shape index (κ2) is 10.7. The molecule has 0 aliphatic rings. The summed E-state index contributed by atoms with van der Waals surface area (Å²) in [7, 11) is 3.28. The van der Waals surface area contributed by atoms with Crippen LogP contribution in [0.15, 0.2) is 83.3 Å². The number of para-hydroxylation sites is 1. The zero-order valence-electron chi connectivity index (χ0n) is 17.8. The Hall–Kier alpha value is -3.45. The Morgan fingerprint density at radius 3 is 2.06 bits per heavy atom. The first-order valence-corrected chi connectivity index (χ1v) is 10.7. The highest BCUT2D eigenvalue weighted by molar-refractivity contribution is 9.10. The Labute approximate surface area is 195 Å². The van der Waals surface area contributed by atoms with E-state index in [-0.39, 0.29) is 22.9 Å². The van der Waals surface area contributed by atoms with E-state index in [2.05, 4.69) is 15.9 Å². The summed E-state index contributed by atoms with van der Waals surface area (Å²) in [6, 6.07) is 23.2. The van der Waals surface area contributed by atoms with E-state index in [1.165, 1.54) is 15.9 Å². The molecule has 7 heteroatoms. The van der Waals surface area contributed by atoms with E-state index in [4.69, 9.17) is 4.74 Å². The first-order chi connectivity index (χ1) is 15.4. The number of carbonyl (C=O) groups excluding carboxylic acids is 3. The number of ether oxygens (including phenoxy) is 1. The molecule has 0 heterocycles. The van der Waals surface area contributed by atoms with E-state index < -0.39 is 12.6 Å². The molecule has 0 atom stereocenters. The van der Waals surface area contributed by atoms with E-state index >= 15 is 0 Å². The summed E-state index contributed by atoms with van der Waals surface area (Å²) in [4.78, 5) is 41.0. The molecule has 3 rings (SSSR count). The molecule has 0 saturated carbocycles. The van der Waals surface area contributed by atoms with E-state index in [0.29, 0.717) is 12.2 Å². The van der Waals surface area contributed by atoms with Gasteiger partial charge in [-0.15, -0.1) is 0 Å². The molecule has 0 unspecified atom stereocenters. The first kappa shape index (κ1) is 23.2. The quantitative estimate of drug-likeness (QED) is 0.452. The number of esters is 1. The second-order valence-electron chi connectivity index (χ2n) is 7.20. The summed E-state index contributed by atoms with van der Waals surface area (Å²) in [5.41, 5.74) is 1.98. The molecule has 0 aliphatic heterocycles. The van der Waals surface area contributed by atoms with Crippen molar-refractivity contribution in [2.24, 2.45) is 0 Å². The van der Waals surface area contributed by atoms with Crippen molar-refractivity contribution in [3.05, 3.63) is 100 Å². The van der Waals surface area contributed by atoms with Gasteiger partial charge in [0.25, 0.3) is 11.8 Å². The van der Waals surface area contributed by atoms with Crippen LogP contribution in [-0.4, -0.2) is 43.4 Å². The third-order valence-corrected chi connectivity index (χ3v) is 5.44. The summed E-state index contributed by atoms with van der Waals surface area (Å²) >= 11 is 3.38. The smallest absolute Gasteiger partial charge is 0.339 e. The minimum Gasteiger partial charge on any atom is -0.452 e. The van der Waals surface area contributed by atoms with Crippen LogP contribution in [0.25, 0.3) is 0 Å². The van der Waals surface area contributed by atoms with Crippen molar-refractivity contribution >= 4 is 39.4 Å². The lowest BCUT2D eigenvalue weighted by Crippen LogP contribution is -2.31. The zero-order valence-corrected chi connectivity index (χ0v) is 19.4. The van der Waals surface area contributed by atoms with Crippen molar-refractivity contribution in [1.29, 1.82) is 0 Å². The molecule has 0 aliphatic carbocycles. The number of likely N-dealkylation sites (N-methyl/N-ethyl adjacent to an activating group) is 1. The van der Waals surface area contributed by atoms with Gasteiger partial charge in [0.2, 0.25) is 0 Å². The maximum absolute atomic E-state index is 13.0. The highest BCUT2D eigenvalue weighted by Crippen LogP contribution is 2.18. The number of rotatable bonds is 7. The number of benzene rings is 3. The van der Waals surface area contributed by atoms with Gasteiger partial charge in [-0.05, 0) is 42.0 Å². The topological polar surface area (TPSA) is 66.9 Å². The summed E-state index contributed by atoms with van der Waals surface area (Å²) in [6.07, 6.45) is 0. The summed E-state index contributed by atoms with van der Waals surface area (Å²) in [6.45, 7) is -0.0243. The van der Waals surface area contributed by atoms with Gasteiger partial charge in [0.1, 0.15) is 0 Å². The van der Waals surface area contributed by atoms with Crippen molar-refractivity contribution in [2.75, 3.05) is 25.6 Å². The lowest BCUT2D eigenvalue weighted by Gasteiger charge is -2.19. The SMILES string of the molecule is CN(Cc1ccc(Br)cc1)C(=O)COC(=O)c1ccccc1C(=O)N(C)c1ccccc1. The van der Waals surface area contributed by atoms with Crippen molar-refractivity contribution in [1.82, 2.24) is 4.90 Å². The molecular weight excluding hydrogens is 472 g/mol. The normalized spacial score (nSPS) is 10.3. The number of nitrogens with zero attached hydrogens (tertiary/aromatic N) is 2. The lowest BCUT2D eigenvalue weighted by molar-refractivity contribution is -0.133. The summed E-state index contributed by atoms with van der Waals surface area (Å²) in [5, 5.41) is 0. The number of anilines is 1. The number of halogens is 1. The van der Waals surface area contributed by atoms with E-state index in [1.807, 2.05) is 42.5 Å². The number of carbonyl (C=O) groups is 3. The van der Waals surface area contributed by atoms with Gasteiger partial charge in [0, 0.05) is 30.8 Å². The third-order valence-electron chi connectivity index (χ3n) is 4.91. The third kappa shape index (κ3) is 5.82. The predicted molar refractivity (Wildman–Crippen MR) is 127 cm³/mol. The monoisotopic (exact) mass is 494 g/mol. The molecule has 0 radical (unpaired) electrons. The van der Waals surface area contributed by atoms with Crippen LogP contribution in [0.4, 0.5) is 5.69 Å². The van der Waals surface area contributed by atoms with Crippen LogP contribution in [0.3, 0.4) is 0 Å². The van der Waals surface area contributed by atoms with Gasteiger partial charge in [-0.25, -0.2) is 4.79 Å². The van der Waals surface area contributed by atoms with Gasteiger partial charge in [-0.2, -0.15) is 0 Å². The van der Waals surface area contributed by atoms with Crippen molar-refractivity contribution in [3.63, 3.8) is 0 Å². The molecule has 0 spiro atoms. The van der Waals surface area contributed by atoms with Crippen LogP contribution in [0.1, 0.15) is 26.3 Å². The van der Waals surface area contributed by atoms with Crippen LogP contribution < -0.4 is 4.90 Å². The molecule has 3 aromatic carbocycles. The van der Waals surface area contributed by atoms with Crippen LogP contribution in [-0.2, 0) is 16.1 Å². The number of hydrogen-bond donors (Lipinski definition) is 0. The minimum atomic E-state index is -0.721. The lowest BCUT2D eigenvalue weighted by atomic mass is 10.1. The highest BCUT2D eigenvalue weighted by atomic mass is 79.9. The predicted octanol–water partition coefficient (Wildman–Crippen LogP) is 4.54. The Morgan fingerprint density at radius 2 is 1.41 bits per heavy atom. The standard InChI is InChI=1S/C25H23BrN2O4/c1-27(16-18-12-14-19(26)15-13-18)23(29)17-32-25(31)22-11-7-6-10-21(22)24(30)28(2)20-8-4-3-5-9-20/h3-15H,16-17H2,1-2H3. The molecule has 0 fully saturated rings. The van der Waals surface area contributed by atoms with Gasteiger partial charge in [0.05, 0.1) is 11.1 Å². The van der Waals surface area contributed by atoms with Crippen LogP contribution in [0.5, 0.6) is 0 Å². The van der Waals surface area contributed by atoms with Crippen LogP contribution in [0.2, 0.25) is 0 Å². The molecule has 0 aromatic heterocycles. The Bertz CT molecular complexity index is 1100. The Kier molecular flexibility index (Phi) is 7.78. The Balaban J connectivity index is 1.64. The Morgan fingerprint density at radius 1 is 0.812 bits per heavy atom. The van der Waals surface area contributed by atoms with Gasteiger partial charge in [-0.1, -0.05) is 58.4 Å². The largest absolute Gasteiger partial charge is 0.452 e. The van der Waals surface area contributed by atoms with E-state index in [0.717, 1.165) is 10.0 Å². The molecule has 0 bridgehead atoms. The maximum atomic E-state index is 13.0. The number of hydrogen-bond acceptors (Lipinski definition) is 4. The van der Waals surface area contributed by atoms with Crippen molar-refractivity contribution < 1.29 is 19.1 Å². The average molecular weight is 495 g/mol.